The number of hydrogen-bond donors (Lipinski definition) is 17. The summed E-state index contributed by atoms with van der Waals surface area (Å²) in [6.45, 7) is 6.22. The predicted octanol–water partition coefficient (Wildman–Crippen LogP) is -5.98. The number of nitrogens with one attached hydrogen (secondary N) is 8. The van der Waals surface area contributed by atoms with E-state index in [2.05, 4.69) is 42.5 Å². The van der Waals surface area contributed by atoms with Crippen LogP contribution in [0, 0.1) is 11.8 Å². The van der Waals surface area contributed by atoms with E-state index in [1.54, 1.807) is 27.7 Å². The van der Waals surface area contributed by atoms with E-state index in [-0.39, 0.29) is 44.1 Å². The highest BCUT2D eigenvalue weighted by molar-refractivity contribution is 5.98. The predicted molar refractivity (Wildman–Crippen MR) is 269 cm³/mol. The smallest absolute Gasteiger partial charge is 0.326 e. The van der Waals surface area contributed by atoms with Gasteiger partial charge in [0.05, 0.1) is 6.61 Å². The quantitative estimate of drug-likeness (QED) is 0.0253. The van der Waals surface area contributed by atoms with Gasteiger partial charge < -0.3 is 91.6 Å². The average Bonchev–Trinajstić information content (AvgIpc) is 3.33. The zero-order chi connectivity index (χ0) is 59.1. The molecule has 31 heteroatoms. The Morgan fingerprint density at radius 1 is 0.377 bits per heavy atom. The number of aliphatic carboxylic acids is 3. The van der Waals surface area contributed by atoms with Crippen LogP contribution in [0.5, 0.6) is 0 Å². The molecule has 11 amide bonds. The summed E-state index contributed by atoms with van der Waals surface area (Å²) in [6, 6.07) is -14.6. The molecule has 0 aliphatic rings. The van der Waals surface area contributed by atoms with Gasteiger partial charge in [0.15, 0.2) is 0 Å². The molecular formula is C46H79N13O18. The summed E-state index contributed by atoms with van der Waals surface area (Å²) in [5.41, 5.74) is 27.2. The number of carbonyl (C=O) groups excluding carboxylic acids is 11. The van der Waals surface area contributed by atoms with E-state index in [9.17, 15) is 87.5 Å². The molecule has 0 saturated carbocycles. The SMILES string of the molecule is CC(C)C[C@H](NC(=O)[C@H](CCCCN)NC(=O)[C@H](CCC(N)=O)NC(=O)[C@H](CCC(=O)O)NC(=O)[C@H](CCC(N)=O)NC(=O)[C@H](CCC(N)=O)NC(=O)[C@H](CCC(=O)O)NC(=O)[C@H](CC(C)C)NC(=O)[C@@H](N)CO)C(=O)O. The molecule has 0 radical (unpaired) electrons. The van der Waals surface area contributed by atoms with E-state index in [4.69, 9.17) is 28.7 Å². The first-order valence-corrected chi connectivity index (χ1v) is 24.9. The van der Waals surface area contributed by atoms with Crippen molar-refractivity contribution in [2.24, 2.45) is 40.5 Å². The molecule has 0 saturated heterocycles. The Balaban J connectivity index is 7.03. The van der Waals surface area contributed by atoms with E-state index < -0.39 is 208 Å². The summed E-state index contributed by atoms with van der Waals surface area (Å²) in [6.07, 6.45) is -5.73. The molecule has 0 aromatic carbocycles. The van der Waals surface area contributed by atoms with Gasteiger partial charge >= 0.3 is 17.9 Å². The first-order chi connectivity index (χ1) is 35.9. The summed E-state index contributed by atoms with van der Waals surface area (Å²) in [5, 5.41) is 56.6. The lowest BCUT2D eigenvalue weighted by Gasteiger charge is -2.28. The van der Waals surface area contributed by atoms with Crippen molar-refractivity contribution < 1.29 is 87.5 Å². The molecule has 77 heavy (non-hydrogen) atoms. The number of carbonyl (C=O) groups is 14. The van der Waals surface area contributed by atoms with E-state index in [0.29, 0.717) is 6.42 Å². The fourth-order valence-electron chi connectivity index (χ4n) is 7.16. The Morgan fingerprint density at radius 3 is 0.896 bits per heavy atom. The number of unbranched alkanes of at least 4 members (excludes halogenated alkanes) is 1. The van der Waals surface area contributed by atoms with Crippen molar-refractivity contribution in [3.05, 3.63) is 0 Å². The monoisotopic (exact) mass is 1100 g/mol. The Morgan fingerprint density at radius 2 is 0.636 bits per heavy atom. The third-order valence-electron chi connectivity index (χ3n) is 11.3. The van der Waals surface area contributed by atoms with Crippen LogP contribution in [0.15, 0.2) is 0 Å². The van der Waals surface area contributed by atoms with Gasteiger partial charge in [0.1, 0.15) is 54.4 Å². The maximum Gasteiger partial charge on any atom is 0.326 e. The maximum atomic E-state index is 14.0. The van der Waals surface area contributed by atoms with Crippen molar-refractivity contribution in [1.82, 2.24) is 42.5 Å². The molecule has 0 unspecified atom stereocenters. The van der Waals surface area contributed by atoms with Gasteiger partial charge in [0, 0.05) is 32.1 Å². The number of aliphatic hydroxyl groups is 1. The van der Waals surface area contributed by atoms with Crippen molar-refractivity contribution in [3.8, 4) is 0 Å². The van der Waals surface area contributed by atoms with Crippen LogP contribution in [0.25, 0.3) is 0 Å². The lowest BCUT2D eigenvalue weighted by Crippen LogP contribution is -2.60. The number of primary amides is 3. The van der Waals surface area contributed by atoms with Gasteiger partial charge in [-0.2, -0.15) is 0 Å². The normalized spacial score (nSPS) is 14.6. The number of hydrogen-bond acceptors (Lipinski definition) is 17. The zero-order valence-electron chi connectivity index (χ0n) is 43.8. The number of aliphatic hydroxyl groups excluding tert-OH is 1. The van der Waals surface area contributed by atoms with Crippen LogP contribution in [0.2, 0.25) is 0 Å². The highest BCUT2D eigenvalue weighted by atomic mass is 16.4. The first-order valence-electron chi connectivity index (χ1n) is 24.9. The van der Waals surface area contributed by atoms with Crippen LogP contribution >= 0.6 is 0 Å². The molecule has 9 atom stereocenters. The molecule has 31 nitrogen and oxygen atoms in total. The molecule has 0 aromatic rings. The minimum absolute atomic E-state index is 0.0240. The van der Waals surface area contributed by atoms with Crippen molar-refractivity contribution in [1.29, 1.82) is 0 Å². The molecule has 0 fully saturated rings. The molecule has 0 aliphatic carbocycles. The maximum absolute atomic E-state index is 14.0. The van der Waals surface area contributed by atoms with Crippen molar-refractivity contribution in [3.63, 3.8) is 0 Å². The van der Waals surface area contributed by atoms with Crippen LogP contribution in [-0.2, 0) is 67.1 Å². The summed E-state index contributed by atoms with van der Waals surface area (Å²) in [7, 11) is 0. The molecule has 436 valence electrons. The van der Waals surface area contributed by atoms with E-state index in [0.717, 1.165) is 0 Å². The van der Waals surface area contributed by atoms with Gasteiger partial charge in [0.2, 0.25) is 65.0 Å². The minimum atomic E-state index is -1.88. The number of carboxylic acid groups (broad SMARTS) is 3. The third-order valence-corrected chi connectivity index (χ3v) is 11.3. The highest BCUT2D eigenvalue weighted by Crippen LogP contribution is 2.12. The fourth-order valence-corrected chi connectivity index (χ4v) is 7.16. The number of nitrogens with two attached hydrogens (primary N) is 5. The Bertz CT molecular complexity index is 2080. The largest absolute Gasteiger partial charge is 0.481 e. The van der Waals surface area contributed by atoms with Crippen molar-refractivity contribution in [2.75, 3.05) is 13.2 Å². The third kappa shape index (κ3) is 30.0. The molecule has 22 N–H and O–H groups in total. The summed E-state index contributed by atoms with van der Waals surface area (Å²) < 4.78 is 0. The molecular weight excluding hydrogens is 1020 g/mol. The topological polar surface area (TPSA) is 546 Å². The second-order valence-corrected chi connectivity index (χ2v) is 19.0. The molecule has 0 spiro atoms. The standard InChI is InChI=1S/C46H79N13O18/c1-22(2)19-31(58-38(68)24(48)21-60)45(75)57-30(12-17-37(66)67)44(74)55-27(9-14-34(50)62)41(71)53-28(10-15-35(51)63)42(72)56-29(11-16-36(64)65)43(73)54-26(8-13-33(49)61)40(70)52-25(7-5-6-18-47)39(69)59-32(46(76)77)20-23(3)4/h22-32,60H,5-21,47-48H2,1-4H3,(H2,49,61)(H2,50,62)(H2,51,63)(H,52,70)(H,53,71)(H,54,73)(H,55,74)(H,56,72)(H,57,75)(H,58,68)(H,59,69)(H,64,65)(H,66,67)(H,76,77)/t24-,25-,26-,27-,28-,29-,30-,31-,32-/m0/s1. The van der Waals surface area contributed by atoms with Gasteiger partial charge in [-0.3, -0.25) is 62.3 Å². The second-order valence-electron chi connectivity index (χ2n) is 19.0. The molecule has 0 rings (SSSR count). The number of amides is 11. The van der Waals surface area contributed by atoms with Crippen LogP contribution < -0.4 is 71.2 Å². The van der Waals surface area contributed by atoms with Crippen LogP contribution in [0.3, 0.4) is 0 Å². The lowest BCUT2D eigenvalue weighted by atomic mass is 10.0. The summed E-state index contributed by atoms with van der Waals surface area (Å²) in [5.74, 6) is -16.5. The van der Waals surface area contributed by atoms with Gasteiger partial charge in [-0.15, -0.1) is 0 Å². The Labute approximate surface area is 444 Å². The van der Waals surface area contributed by atoms with E-state index >= 15 is 0 Å². The van der Waals surface area contributed by atoms with Crippen LogP contribution in [0.1, 0.15) is 124 Å². The van der Waals surface area contributed by atoms with E-state index in [1.807, 2.05) is 0 Å². The second kappa shape index (κ2) is 36.4. The van der Waals surface area contributed by atoms with Gasteiger partial charge in [-0.1, -0.05) is 27.7 Å². The first kappa shape index (κ1) is 69.5. The van der Waals surface area contributed by atoms with Crippen molar-refractivity contribution >= 4 is 82.9 Å². The zero-order valence-corrected chi connectivity index (χ0v) is 43.8. The van der Waals surface area contributed by atoms with Gasteiger partial charge in [-0.25, -0.2) is 4.79 Å². The fraction of sp³-hybridized carbons (Fsp3) is 0.696. The van der Waals surface area contributed by atoms with Crippen LogP contribution in [0.4, 0.5) is 0 Å². The van der Waals surface area contributed by atoms with Crippen molar-refractivity contribution in [2.45, 2.75) is 178 Å². The molecule has 0 aliphatic heterocycles. The minimum Gasteiger partial charge on any atom is -0.481 e. The molecule has 0 aromatic heterocycles. The lowest BCUT2D eigenvalue weighted by molar-refractivity contribution is -0.143. The number of rotatable bonds is 41. The molecule has 0 bridgehead atoms. The van der Waals surface area contributed by atoms with Gasteiger partial charge in [-0.05, 0) is 82.6 Å². The summed E-state index contributed by atoms with van der Waals surface area (Å²) in [4.78, 5) is 180. The van der Waals surface area contributed by atoms with Crippen LogP contribution in [-0.4, -0.2) is 171 Å². The van der Waals surface area contributed by atoms with E-state index in [1.165, 1.54) is 0 Å². The number of carboxylic acids is 3. The van der Waals surface area contributed by atoms with Gasteiger partial charge in [0.25, 0.3) is 0 Å². The molecule has 0 heterocycles. The highest BCUT2D eigenvalue weighted by Gasteiger charge is 2.36. The Hall–Kier alpha value is -7.54. The Kier molecular flexibility index (Phi) is 32.9. The average molecular weight is 1100 g/mol. The summed E-state index contributed by atoms with van der Waals surface area (Å²) >= 11 is 0.